The van der Waals surface area contributed by atoms with Gasteiger partial charge in [0.05, 0.1) is 5.56 Å². The largest absolute Gasteiger partial charge is 0.478 e. The van der Waals surface area contributed by atoms with Gasteiger partial charge in [-0.05, 0) is 37.5 Å². The molecule has 1 fully saturated rings. The van der Waals surface area contributed by atoms with Crippen molar-refractivity contribution in [2.75, 3.05) is 31.3 Å². The molecule has 1 aromatic carbocycles. The van der Waals surface area contributed by atoms with Crippen LogP contribution < -0.4 is 10.6 Å². The van der Waals surface area contributed by atoms with E-state index in [0.29, 0.717) is 5.56 Å². The lowest BCUT2D eigenvalue weighted by Crippen LogP contribution is -2.42. The molecule has 1 aromatic rings. The highest BCUT2D eigenvalue weighted by Gasteiger charge is 2.32. The number of carbonyl (C=O) groups excluding carboxylic acids is 1. The van der Waals surface area contributed by atoms with Crippen molar-refractivity contribution in [3.05, 3.63) is 23.3 Å². The molecule has 6 heteroatoms. The number of hydrogen-bond donors (Lipinski definition) is 2. The number of aryl methyl sites for hydroxylation is 1. The number of aromatic carboxylic acids is 1. The number of nitrogens with two attached hydrogens (primary N) is 1. The molecule has 1 saturated heterocycles. The van der Waals surface area contributed by atoms with Crippen molar-refractivity contribution in [3.63, 3.8) is 0 Å². The lowest BCUT2D eigenvalue weighted by Gasteiger charge is -2.28. The first-order valence-electron chi connectivity index (χ1n) is 6.94. The van der Waals surface area contributed by atoms with Crippen molar-refractivity contribution < 1.29 is 14.7 Å². The zero-order valence-corrected chi connectivity index (χ0v) is 12.6. The molecule has 1 amide bonds. The van der Waals surface area contributed by atoms with E-state index in [1.54, 1.807) is 32.0 Å². The number of rotatable bonds is 3. The first-order valence-corrected chi connectivity index (χ1v) is 6.94. The number of nitrogen functional groups attached to an aromatic ring is 1. The number of amides is 1. The van der Waals surface area contributed by atoms with Crippen LogP contribution >= 0.6 is 0 Å². The lowest BCUT2D eigenvalue weighted by atomic mass is 10.1. The number of anilines is 2. The Labute approximate surface area is 124 Å². The molecule has 0 saturated carbocycles. The molecule has 2 rings (SSSR count). The molecule has 0 aliphatic carbocycles. The van der Waals surface area contributed by atoms with E-state index < -0.39 is 5.97 Å². The maximum absolute atomic E-state index is 12.2. The highest BCUT2D eigenvalue weighted by molar-refractivity contribution is 5.96. The Kier molecular flexibility index (Phi) is 4.06. The van der Waals surface area contributed by atoms with Crippen LogP contribution in [-0.2, 0) is 4.79 Å². The topological polar surface area (TPSA) is 86.9 Å². The van der Waals surface area contributed by atoms with Crippen molar-refractivity contribution in [2.24, 2.45) is 0 Å². The zero-order valence-electron chi connectivity index (χ0n) is 12.6. The predicted octanol–water partition coefficient (Wildman–Crippen LogP) is 1.33. The van der Waals surface area contributed by atoms with Gasteiger partial charge < -0.3 is 20.6 Å². The summed E-state index contributed by atoms with van der Waals surface area (Å²) in [6.45, 7) is 2.52. The second kappa shape index (κ2) is 5.63. The fourth-order valence-electron chi connectivity index (χ4n) is 2.75. The van der Waals surface area contributed by atoms with Crippen LogP contribution in [0.4, 0.5) is 11.4 Å². The Balaban J connectivity index is 2.41. The van der Waals surface area contributed by atoms with Crippen LogP contribution in [-0.4, -0.2) is 48.6 Å². The van der Waals surface area contributed by atoms with Crippen LogP contribution in [0.5, 0.6) is 0 Å². The first kappa shape index (κ1) is 15.2. The average molecular weight is 291 g/mol. The minimum atomic E-state index is -1.05. The van der Waals surface area contributed by atoms with Gasteiger partial charge in [0.15, 0.2) is 0 Å². The first-order chi connectivity index (χ1) is 9.82. The van der Waals surface area contributed by atoms with E-state index in [1.807, 2.05) is 11.0 Å². The molecule has 114 valence electrons. The maximum atomic E-state index is 12.2. The molecule has 0 bridgehead atoms. The normalized spacial score (nSPS) is 17.9. The number of carboxylic acid groups (broad SMARTS) is 1. The molecule has 21 heavy (non-hydrogen) atoms. The molecule has 1 aliphatic rings. The van der Waals surface area contributed by atoms with Gasteiger partial charge in [-0.2, -0.15) is 0 Å². The number of likely N-dealkylation sites (N-methyl/N-ethyl adjacent to an activating group) is 1. The van der Waals surface area contributed by atoms with Gasteiger partial charge in [0, 0.05) is 32.0 Å². The second-order valence-corrected chi connectivity index (χ2v) is 5.61. The van der Waals surface area contributed by atoms with E-state index in [9.17, 15) is 14.7 Å². The Morgan fingerprint density at radius 2 is 2.05 bits per heavy atom. The standard InChI is InChI=1S/C15H21N3O3/c1-9-7-10(8-11(13(9)16)15(20)21)18-6-4-5-12(18)14(19)17(2)3/h7-8,12H,4-6,16H2,1-3H3,(H,20,21). The zero-order chi connectivity index (χ0) is 15.7. The molecule has 0 spiro atoms. The van der Waals surface area contributed by atoms with Gasteiger partial charge in [0.25, 0.3) is 0 Å². The molecular formula is C15H21N3O3. The summed E-state index contributed by atoms with van der Waals surface area (Å²) in [5.74, 6) is -1.01. The van der Waals surface area contributed by atoms with Crippen molar-refractivity contribution in [3.8, 4) is 0 Å². The third kappa shape index (κ3) is 2.79. The van der Waals surface area contributed by atoms with Crippen molar-refractivity contribution >= 4 is 23.3 Å². The summed E-state index contributed by atoms with van der Waals surface area (Å²) in [5.41, 5.74) is 7.65. The van der Waals surface area contributed by atoms with Gasteiger partial charge in [-0.15, -0.1) is 0 Å². The van der Waals surface area contributed by atoms with Crippen molar-refractivity contribution in [1.82, 2.24) is 4.90 Å². The Hall–Kier alpha value is -2.24. The lowest BCUT2D eigenvalue weighted by molar-refractivity contribution is -0.129. The molecule has 1 aliphatic heterocycles. The fourth-order valence-corrected chi connectivity index (χ4v) is 2.75. The molecule has 1 unspecified atom stereocenters. The molecular weight excluding hydrogens is 270 g/mol. The van der Waals surface area contributed by atoms with E-state index in [-0.39, 0.29) is 23.2 Å². The van der Waals surface area contributed by atoms with E-state index in [1.165, 1.54) is 0 Å². The van der Waals surface area contributed by atoms with E-state index >= 15 is 0 Å². The Morgan fingerprint density at radius 1 is 1.38 bits per heavy atom. The van der Waals surface area contributed by atoms with Crippen molar-refractivity contribution in [1.29, 1.82) is 0 Å². The van der Waals surface area contributed by atoms with Crippen LogP contribution in [0.3, 0.4) is 0 Å². The summed E-state index contributed by atoms with van der Waals surface area (Å²) in [4.78, 5) is 27.1. The van der Waals surface area contributed by atoms with Gasteiger partial charge in [-0.3, -0.25) is 4.79 Å². The summed E-state index contributed by atoms with van der Waals surface area (Å²) in [6, 6.07) is 3.18. The highest BCUT2D eigenvalue weighted by atomic mass is 16.4. The number of hydrogen-bond acceptors (Lipinski definition) is 4. The second-order valence-electron chi connectivity index (χ2n) is 5.61. The minimum Gasteiger partial charge on any atom is -0.478 e. The third-order valence-corrected chi connectivity index (χ3v) is 3.91. The smallest absolute Gasteiger partial charge is 0.337 e. The van der Waals surface area contributed by atoms with Crippen LogP contribution in [0.1, 0.15) is 28.8 Å². The average Bonchev–Trinajstić information content (AvgIpc) is 2.89. The summed E-state index contributed by atoms with van der Waals surface area (Å²) in [6.07, 6.45) is 1.69. The van der Waals surface area contributed by atoms with Crippen LogP contribution in [0.2, 0.25) is 0 Å². The molecule has 1 atom stereocenters. The van der Waals surface area contributed by atoms with Gasteiger partial charge in [0.1, 0.15) is 6.04 Å². The van der Waals surface area contributed by atoms with Crippen LogP contribution in [0.25, 0.3) is 0 Å². The number of carbonyl (C=O) groups is 2. The van der Waals surface area contributed by atoms with Gasteiger partial charge in [-0.1, -0.05) is 0 Å². The third-order valence-electron chi connectivity index (χ3n) is 3.91. The molecule has 0 radical (unpaired) electrons. The van der Waals surface area contributed by atoms with E-state index in [0.717, 1.165) is 25.1 Å². The minimum absolute atomic E-state index is 0.0406. The monoisotopic (exact) mass is 291 g/mol. The van der Waals surface area contributed by atoms with Gasteiger partial charge in [-0.25, -0.2) is 4.79 Å². The summed E-state index contributed by atoms with van der Waals surface area (Å²) >= 11 is 0. The SMILES string of the molecule is Cc1cc(N2CCCC2C(=O)N(C)C)cc(C(=O)O)c1N. The van der Waals surface area contributed by atoms with Crippen molar-refractivity contribution in [2.45, 2.75) is 25.8 Å². The molecule has 0 aromatic heterocycles. The predicted molar refractivity (Wildman–Crippen MR) is 81.6 cm³/mol. The number of benzene rings is 1. The molecule has 3 N–H and O–H groups in total. The van der Waals surface area contributed by atoms with Crippen LogP contribution in [0.15, 0.2) is 12.1 Å². The van der Waals surface area contributed by atoms with E-state index in [2.05, 4.69) is 0 Å². The number of nitrogens with zero attached hydrogens (tertiary/aromatic N) is 2. The summed E-state index contributed by atoms with van der Waals surface area (Å²) in [7, 11) is 3.46. The van der Waals surface area contributed by atoms with E-state index in [4.69, 9.17) is 5.73 Å². The Bertz CT molecular complexity index is 584. The fraction of sp³-hybridized carbons (Fsp3) is 0.467. The van der Waals surface area contributed by atoms with Gasteiger partial charge in [0.2, 0.25) is 5.91 Å². The maximum Gasteiger partial charge on any atom is 0.337 e. The quantitative estimate of drug-likeness (QED) is 0.820. The summed E-state index contributed by atoms with van der Waals surface area (Å²) < 4.78 is 0. The molecule has 1 heterocycles. The highest BCUT2D eigenvalue weighted by Crippen LogP contribution is 2.31. The summed E-state index contributed by atoms with van der Waals surface area (Å²) in [5, 5.41) is 9.25. The van der Waals surface area contributed by atoms with Gasteiger partial charge >= 0.3 is 5.97 Å². The number of carboxylic acids is 1. The van der Waals surface area contributed by atoms with Crippen LogP contribution in [0, 0.1) is 6.92 Å². The molecule has 6 nitrogen and oxygen atoms in total. The Morgan fingerprint density at radius 3 is 2.62 bits per heavy atom.